The van der Waals surface area contributed by atoms with Crippen LogP contribution < -0.4 is 0 Å². The Morgan fingerprint density at radius 2 is 1.70 bits per heavy atom. The second-order valence-corrected chi connectivity index (χ2v) is 6.78. The molecule has 12 nitrogen and oxygen atoms in total. The minimum atomic E-state index is -4.21. The van der Waals surface area contributed by atoms with Crippen LogP contribution >= 0.6 is 0 Å². The minimum Gasteiger partial charge on any atom is -0.493 e. The Bertz CT molecular complexity index is 1200. The average molecular weight is 391 g/mol. The van der Waals surface area contributed by atoms with Crippen LogP contribution in [0.2, 0.25) is 0 Å². The Morgan fingerprint density at radius 3 is 2.30 bits per heavy atom. The van der Waals surface area contributed by atoms with Crippen molar-refractivity contribution in [3.8, 4) is 5.88 Å². The molecule has 0 aliphatic carbocycles. The molecule has 0 radical (unpaired) electrons. The fourth-order valence-electron chi connectivity index (χ4n) is 2.32. The number of nitro benzene ring substituents is 2. The molecule has 0 saturated carbocycles. The predicted molar refractivity (Wildman–Crippen MR) is 91.4 cm³/mol. The summed E-state index contributed by atoms with van der Waals surface area (Å²) in [5, 5.41) is 35.3. The number of non-ortho nitro benzene ring substituents is 2. The predicted octanol–water partition coefficient (Wildman–Crippen LogP) is 3.16. The van der Waals surface area contributed by atoms with Crippen molar-refractivity contribution >= 4 is 38.0 Å². The molecule has 27 heavy (non-hydrogen) atoms. The number of fused-ring (bicyclic) bond motifs is 1. The van der Waals surface area contributed by atoms with E-state index in [0.717, 1.165) is 6.07 Å². The summed E-state index contributed by atoms with van der Waals surface area (Å²) in [4.78, 5) is 22.5. The van der Waals surface area contributed by atoms with E-state index in [0.29, 0.717) is 6.07 Å². The molecule has 1 heterocycles. The fourth-order valence-corrected chi connectivity index (χ4v) is 3.10. The number of aromatic nitrogens is 1. The Labute approximate surface area is 150 Å². The maximum atomic E-state index is 12.2. The summed E-state index contributed by atoms with van der Waals surface area (Å²) in [5.74, 6) is -0.722. The third-order valence-corrected chi connectivity index (χ3v) is 4.69. The normalized spacial score (nSPS) is 11.9. The number of aromatic hydroxyl groups is 1. The van der Waals surface area contributed by atoms with Crippen molar-refractivity contribution in [3.05, 3.63) is 62.7 Å². The van der Waals surface area contributed by atoms with E-state index in [9.17, 15) is 33.8 Å². The van der Waals surface area contributed by atoms with Crippen LogP contribution in [0.3, 0.4) is 0 Å². The summed E-state index contributed by atoms with van der Waals surface area (Å²) in [7, 11) is -4.21. The highest BCUT2D eigenvalue weighted by Crippen LogP contribution is 2.41. The van der Waals surface area contributed by atoms with Gasteiger partial charge in [-0.15, -0.1) is 5.11 Å². The third kappa shape index (κ3) is 3.30. The number of benzene rings is 2. The Morgan fingerprint density at radius 1 is 1.04 bits per heavy atom. The monoisotopic (exact) mass is 391 g/mol. The van der Waals surface area contributed by atoms with Gasteiger partial charge >= 0.3 is 0 Å². The van der Waals surface area contributed by atoms with Crippen molar-refractivity contribution in [3.63, 3.8) is 0 Å². The molecule has 0 spiro atoms. The number of hydrogen-bond donors (Lipinski definition) is 2. The lowest BCUT2D eigenvalue weighted by atomic mass is 10.2. The molecule has 0 unspecified atom stereocenters. The van der Waals surface area contributed by atoms with E-state index in [-0.39, 0.29) is 15.8 Å². The van der Waals surface area contributed by atoms with Crippen molar-refractivity contribution in [1.29, 1.82) is 0 Å². The van der Waals surface area contributed by atoms with Gasteiger partial charge < -0.3 is 10.1 Å². The minimum absolute atomic E-state index is 0.162. The number of nitrogens with one attached hydrogen (secondary N) is 1. The number of nitro groups is 2. The molecular weight excluding hydrogens is 382 g/mol. The molecule has 0 aliphatic heterocycles. The first-order valence-electron chi connectivity index (χ1n) is 7.11. The van der Waals surface area contributed by atoms with E-state index in [1.807, 2.05) is 0 Å². The van der Waals surface area contributed by atoms with Gasteiger partial charge in [0, 0.05) is 11.5 Å². The summed E-state index contributed by atoms with van der Waals surface area (Å²) in [6, 6.07) is 8.72. The molecular formula is C14H9N5O7S. The molecule has 0 fully saturated rings. The molecule has 0 saturated heterocycles. The van der Waals surface area contributed by atoms with Gasteiger partial charge in [0.25, 0.3) is 21.4 Å². The first kappa shape index (κ1) is 17.9. The van der Waals surface area contributed by atoms with Crippen LogP contribution in [0, 0.1) is 20.2 Å². The van der Waals surface area contributed by atoms with Crippen LogP contribution in [0.15, 0.2) is 57.0 Å². The smallest absolute Gasteiger partial charge is 0.300 e. The number of sulfonamides is 1. The van der Waals surface area contributed by atoms with Gasteiger partial charge in [0.2, 0.25) is 5.88 Å². The van der Waals surface area contributed by atoms with Crippen molar-refractivity contribution in [2.45, 2.75) is 4.90 Å². The van der Waals surface area contributed by atoms with Crippen LogP contribution in [-0.4, -0.2) is 28.4 Å². The average Bonchev–Trinajstić information content (AvgIpc) is 2.94. The fraction of sp³-hybridized carbons (Fsp3) is 0. The van der Waals surface area contributed by atoms with Crippen molar-refractivity contribution in [2.24, 2.45) is 9.63 Å². The molecule has 1 aromatic heterocycles. The third-order valence-electron chi connectivity index (χ3n) is 3.52. The topological polar surface area (TPSA) is 181 Å². The molecule has 0 bridgehead atoms. The van der Waals surface area contributed by atoms with Gasteiger partial charge in [-0.25, -0.2) is 0 Å². The molecule has 2 aromatic carbocycles. The molecule has 13 heteroatoms. The van der Waals surface area contributed by atoms with Gasteiger partial charge in [-0.1, -0.05) is 22.7 Å². The standard InChI is InChI=1S/C14H9N5O7S/c20-14-13(16-17-27(25,26)9-4-2-1-3-5-9)10-6-8(18(21)22)7-11(19(23)24)12(10)15-14/h1-7,15,20H. The zero-order valence-electron chi connectivity index (χ0n) is 13.1. The largest absolute Gasteiger partial charge is 0.493 e. The first-order chi connectivity index (χ1) is 12.7. The van der Waals surface area contributed by atoms with Gasteiger partial charge in [0.15, 0.2) is 5.69 Å². The SMILES string of the molecule is O=[N+]([O-])c1cc([N+](=O)[O-])c2[nH]c(O)c(N=NS(=O)(=O)c3ccccc3)c2c1. The van der Waals surface area contributed by atoms with Crippen molar-refractivity contribution in [1.82, 2.24) is 4.98 Å². The summed E-state index contributed by atoms with van der Waals surface area (Å²) in [6.45, 7) is 0. The van der Waals surface area contributed by atoms with Crippen LogP contribution in [0.25, 0.3) is 10.9 Å². The van der Waals surface area contributed by atoms with E-state index in [2.05, 4.69) is 14.6 Å². The van der Waals surface area contributed by atoms with Gasteiger partial charge in [-0.05, 0) is 12.1 Å². The number of rotatable bonds is 5. The lowest BCUT2D eigenvalue weighted by Crippen LogP contribution is -1.94. The first-order valence-corrected chi connectivity index (χ1v) is 8.55. The number of H-pyrrole nitrogens is 1. The zero-order chi connectivity index (χ0) is 19.8. The number of nitrogens with zero attached hydrogens (tertiary/aromatic N) is 4. The van der Waals surface area contributed by atoms with E-state index in [4.69, 9.17) is 0 Å². The molecule has 2 N–H and O–H groups in total. The van der Waals surface area contributed by atoms with Crippen molar-refractivity contribution in [2.75, 3.05) is 0 Å². The van der Waals surface area contributed by atoms with Crippen LogP contribution in [-0.2, 0) is 10.0 Å². The van der Waals surface area contributed by atoms with E-state index < -0.39 is 42.8 Å². The number of hydrogen-bond acceptors (Lipinski definition) is 8. The van der Waals surface area contributed by atoms with E-state index >= 15 is 0 Å². The summed E-state index contributed by atoms with van der Waals surface area (Å²) in [6.07, 6.45) is 0. The van der Waals surface area contributed by atoms with Crippen LogP contribution in [0.4, 0.5) is 17.1 Å². The van der Waals surface area contributed by atoms with Crippen molar-refractivity contribution < 1.29 is 23.4 Å². The molecule has 0 aliphatic rings. The Kier molecular flexibility index (Phi) is 4.29. The van der Waals surface area contributed by atoms with Gasteiger partial charge in [-0.3, -0.25) is 20.2 Å². The maximum Gasteiger partial charge on any atom is 0.300 e. The molecule has 3 aromatic rings. The van der Waals surface area contributed by atoms with Crippen LogP contribution in [0.1, 0.15) is 0 Å². The van der Waals surface area contributed by atoms with Gasteiger partial charge in [0.05, 0.1) is 20.8 Å². The van der Waals surface area contributed by atoms with Gasteiger partial charge in [0.1, 0.15) is 5.52 Å². The Balaban J connectivity index is 2.19. The molecule has 138 valence electrons. The van der Waals surface area contributed by atoms with E-state index in [1.54, 1.807) is 6.07 Å². The zero-order valence-corrected chi connectivity index (χ0v) is 14.0. The molecule has 0 atom stereocenters. The summed E-state index contributed by atoms with van der Waals surface area (Å²) >= 11 is 0. The number of aromatic amines is 1. The summed E-state index contributed by atoms with van der Waals surface area (Å²) < 4.78 is 27.5. The lowest BCUT2D eigenvalue weighted by molar-refractivity contribution is -0.393. The van der Waals surface area contributed by atoms with Crippen LogP contribution in [0.5, 0.6) is 5.88 Å². The summed E-state index contributed by atoms with van der Waals surface area (Å²) in [5.41, 5.74) is -2.04. The van der Waals surface area contributed by atoms with Gasteiger partial charge in [-0.2, -0.15) is 8.42 Å². The lowest BCUT2D eigenvalue weighted by Gasteiger charge is -1.97. The highest BCUT2D eigenvalue weighted by molar-refractivity contribution is 7.90. The van der Waals surface area contributed by atoms with E-state index in [1.165, 1.54) is 24.3 Å². The molecule has 3 rings (SSSR count). The second-order valence-electron chi connectivity index (χ2n) is 5.19. The maximum absolute atomic E-state index is 12.2. The quantitative estimate of drug-likeness (QED) is 0.380. The Hall–Kier alpha value is -3.87. The highest BCUT2D eigenvalue weighted by atomic mass is 32.2. The second kappa shape index (κ2) is 6.45. The highest BCUT2D eigenvalue weighted by Gasteiger charge is 2.25. The molecule has 0 amide bonds.